The number of nitrogens with zero attached hydrogens (tertiary/aromatic N) is 2. The van der Waals surface area contributed by atoms with Crippen molar-refractivity contribution in [2.45, 2.75) is 20.8 Å². The predicted molar refractivity (Wildman–Crippen MR) is 98.3 cm³/mol. The molecule has 0 spiro atoms. The number of benzene rings is 2. The lowest BCUT2D eigenvalue weighted by Crippen LogP contribution is -2.20. The van der Waals surface area contributed by atoms with Gasteiger partial charge in [0, 0.05) is 0 Å². The van der Waals surface area contributed by atoms with E-state index in [0.29, 0.717) is 5.75 Å². The number of carbonyl (C=O) groups is 1. The molecule has 0 fully saturated rings. The highest BCUT2D eigenvalue weighted by Gasteiger charge is 2.15. The number of hydrogen-bond donors (Lipinski definition) is 1. The van der Waals surface area contributed by atoms with E-state index < -0.39 is 0 Å². The molecule has 0 saturated carbocycles. The molecule has 1 N–H and O–H groups in total. The van der Waals surface area contributed by atoms with Gasteiger partial charge in [0.25, 0.3) is 5.91 Å². The van der Waals surface area contributed by atoms with Crippen molar-refractivity contribution in [2.75, 3.05) is 11.9 Å². The minimum Gasteiger partial charge on any atom is -0.484 e. The van der Waals surface area contributed by atoms with Gasteiger partial charge in [0.15, 0.2) is 6.61 Å². The van der Waals surface area contributed by atoms with Gasteiger partial charge < -0.3 is 10.1 Å². The molecule has 3 aromatic rings. The van der Waals surface area contributed by atoms with Crippen molar-refractivity contribution in [2.24, 2.45) is 0 Å². The summed E-state index contributed by atoms with van der Waals surface area (Å²) in [6.07, 6.45) is 0. The van der Waals surface area contributed by atoms with Crippen LogP contribution in [-0.4, -0.2) is 22.3 Å². The van der Waals surface area contributed by atoms with Crippen LogP contribution in [-0.2, 0) is 4.79 Å². The molecule has 1 amide bonds. The highest BCUT2D eigenvalue weighted by atomic mass is 16.5. The standard InChI is InChI=1S/C20H21N3O2/c1-14-9-11-18(12-10-14)25-13-19(24)21-20-15(2)22-23(16(20)3)17-7-5-4-6-8-17/h4-12H,13H2,1-3H3,(H,21,24). The van der Waals surface area contributed by atoms with Crippen molar-refractivity contribution in [3.05, 3.63) is 71.5 Å². The summed E-state index contributed by atoms with van der Waals surface area (Å²) in [5.41, 5.74) is 4.48. The van der Waals surface area contributed by atoms with Crippen LogP contribution in [0.25, 0.3) is 5.69 Å². The molecule has 0 bridgehead atoms. The first-order chi connectivity index (χ1) is 12.0. The average molecular weight is 335 g/mol. The first kappa shape index (κ1) is 16.8. The molecule has 1 heterocycles. The zero-order valence-corrected chi connectivity index (χ0v) is 14.6. The maximum absolute atomic E-state index is 12.2. The third-order valence-electron chi connectivity index (χ3n) is 3.95. The van der Waals surface area contributed by atoms with Gasteiger partial charge in [0.05, 0.1) is 22.8 Å². The van der Waals surface area contributed by atoms with E-state index in [0.717, 1.165) is 28.3 Å². The van der Waals surface area contributed by atoms with Crippen molar-refractivity contribution < 1.29 is 9.53 Å². The van der Waals surface area contributed by atoms with E-state index in [1.165, 1.54) is 0 Å². The molecule has 3 rings (SSSR count). The van der Waals surface area contributed by atoms with Gasteiger partial charge in [0.1, 0.15) is 5.75 Å². The molecular weight excluding hydrogens is 314 g/mol. The summed E-state index contributed by atoms with van der Waals surface area (Å²) in [5.74, 6) is 0.466. The predicted octanol–water partition coefficient (Wildman–Crippen LogP) is 3.82. The minimum absolute atomic E-state index is 0.0432. The van der Waals surface area contributed by atoms with Gasteiger partial charge in [-0.05, 0) is 45.0 Å². The number of ether oxygens (including phenoxy) is 1. The summed E-state index contributed by atoms with van der Waals surface area (Å²) in [4.78, 5) is 12.2. The average Bonchev–Trinajstić information content (AvgIpc) is 2.90. The lowest BCUT2D eigenvalue weighted by Gasteiger charge is -2.09. The maximum Gasteiger partial charge on any atom is 0.262 e. The largest absolute Gasteiger partial charge is 0.484 e. The topological polar surface area (TPSA) is 56.1 Å². The summed E-state index contributed by atoms with van der Waals surface area (Å²) in [7, 11) is 0. The number of para-hydroxylation sites is 1. The van der Waals surface area contributed by atoms with E-state index in [1.807, 2.05) is 80.1 Å². The van der Waals surface area contributed by atoms with Crippen LogP contribution in [0.2, 0.25) is 0 Å². The SMILES string of the molecule is Cc1ccc(OCC(=O)Nc2c(C)nn(-c3ccccc3)c2C)cc1. The summed E-state index contributed by atoms with van der Waals surface area (Å²) < 4.78 is 7.35. The zero-order valence-electron chi connectivity index (χ0n) is 14.6. The summed E-state index contributed by atoms with van der Waals surface area (Å²) in [6, 6.07) is 17.4. The van der Waals surface area contributed by atoms with Gasteiger partial charge in [-0.3, -0.25) is 4.79 Å². The van der Waals surface area contributed by atoms with Crippen LogP contribution in [0, 0.1) is 20.8 Å². The van der Waals surface area contributed by atoms with Crippen LogP contribution in [0.3, 0.4) is 0 Å². The van der Waals surface area contributed by atoms with E-state index in [9.17, 15) is 4.79 Å². The number of amides is 1. The van der Waals surface area contributed by atoms with Gasteiger partial charge >= 0.3 is 0 Å². The maximum atomic E-state index is 12.2. The van der Waals surface area contributed by atoms with E-state index in [4.69, 9.17) is 4.74 Å². The lowest BCUT2D eigenvalue weighted by atomic mass is 10.2. The second-order valence-electron chi connectivity index (χ2n) is 5.94. The molecular formula is C20H21N3O2. The zero-order chi connectivity index (χ0) is 17.8. The van der Waals surface area contributed by atoms with Crippen LogP contribution in [0.4, 0.5) is 5.69 Å². The molecule has 128 valence electrons. The number of carbonyl (C=O) groups excluding carboxylic acids is 1. The molecule has 5 heteroatoms. The molecule has 1 aromatic heterocycles. The summed E-state index contributed by atoms with van der Waals surface area (Å²) in [5, 5.41) is 7.43. The van der Waals surface area contributed by atoms with Crippen LogP contribution in [0.1, 0.15) is 17.0 Å². The second kappa shape index (κ2) is 7.21. The number of hydrogen-bond acceptors (Lipinski definition) is 3. The minimum atomic E-state index is -0.209. The van der Waals surface area contributed by atoms with Crippen LogP contribution in [0.5, 0.6) is 5.75 Å². The third kappa shape index (κ3) is 3.88. The lowest BCUT2D eigenvalue weighted by molar-refractivity contribution is -0.118. The Hall–Kier alpha value is -3.08. The first-order valence-corrected chi connectivity index (χ1v) is 8.15. The first-order valence-electron chi connectivity index (χ1n) is 8.15. The fourth-order valence-electron chi connectivity index (χ4n) is 2.60. The molecule has 0 radical (unpaired) electrons. The Bertz CT molecular complexity index is 868. The highest BCUT2D eigenvalue weighted by Crippen LogP contribution is 2.22. The Kier molecular flexibility index (Phi) is 4.84. The van der Waals surface area contributed by atoms with Crippen molar-refractivity contribution in [1.29, 1.82) is 0 Å². The van der Waals surface area contributed by atoms with Gasteiger partial charge in [-0.1, -0.05) is 35.9 Å². The number of rotatable bonds is 5. The van der Waals surface area contributed by atoms with E-state index in [2.05, 4.69) is 10.4 Å². The highest BCUT2D eigenvalue weighted by molar-refractivity contribution is 5.93. The summed E-state index contributed by atoms with van der Waals surface area (Å²) >= 11 is 0. The number of anilines is 1. The number of aromatic nitrogens is 2. The van der Waals surface area contributed by atoms with Crippen molar-refractivity contribution >= 4 is 11.6 Å². The molecule has 2 aromatic carbocycles. The van der Waals surface area contributed by atoms with Gasteiger partial charge in [-0.2, -0.15) is 5.10 Å². The van der Waals surface area contributed by atoms with Crippen LogP contribution >= 0.6 is 0 Å². The Morgan fingerprint density at radius 3 is 2.40 bits per heavy atom. The van der Waals surface area contributed by atoms with Crippen molar-refractivity contribution in [1.82, 2.24) is 9.78 Å². The fourth-order valence-corrected chi connectivity index (χ4v) is 2.60. The van der Waals surface area contributed by atoms with E-state index >= 15 is 0 Å². The van der Waals surface area contributed by atoms with Gasteiger partial charge in [0.2, 0.25) is 0 Å². The van der Waals surface area contributed by atoms with Crippen molar-refractivity contribution in [3.63, 3.8) is 0 Å². The van der Waals surface area contributed by atoms with E-state index in [-0.39, 0.29) is 12.5 Å². The molecule has 0 atom stereocenters. The van der Waals surface area contributed by atoms with Gasteiger partial charge in [-0.15, -0.1) is 0 Å². The van der Waals surface area contributed by atoms with E-state index in [1.54, 1.807) is 0 Å². The molecule has 25 heavy (non-hydrogen) atoms. The molecule has 0 unspecified atom stereocenters. The summed E-state index contributed by atoms with van der Waals surface area (Å²) in [6.45, 7) is 5.78. The fraction of sp³-hybridized carbons (Fsp3) is 0.200. The van der Waals surface area contributed by atoms with Gasteiger partial charge in [-0.25, -0.2) is 4.68 Å². The number of aryl methyl sites for hydroxylation is 2. The molecule has 0 saturated heterocycles. The normalized spacial score (nSPS) is 10.5. The van der Waals surface area contributed by atoms with Crippen LogP contribution in [0.15, 0.2) is 54.6 Å². The number of nitrogens with one attached hydrogen (secondary N) is 1. The Morgan fingerprint density at radius 1 is 1.04 bits per heavy atom. The van der Waals surface area contributed by atoms with Crippen LogP contribution < -0.4 is 10.1 Å². The Morgan fingerprint density at radius 2 is 1.72 bits per heavy atom. The smallest absolute Gasteiger partial charge is 0.262 e. The van der Waals surface area contributed by atoms with Crippen molar-refractivity contribution in [3.8, 4) is 11.4 Å². The quantitative estimate of drug-likeness (QED) is 0.771. The molecule has 5 nitrogen and oxygen atoms in total. The Labute approximate surface area is 147 Å². The molecule has 0 aliphatic carbocycles. The Balaban J connectivity index is 1.69. The second-order valence-corrected chi connectivity index (χ2v) is 5.94. The monoisotopic (exact) mass is 335 g/mol. The molecule has 0 aliphatic rings. The third-order valence-corrected chi connectivity index (χ3v) is 3.95. The molecule has 0 aliphatic heterocycles.